The average molecular weight is 223 g/mol. The van der Waals surface area contributed by atoms with Crippen molar-refractivity contribution in [1.29, 1.82) is 0 Å². The SMILES string of the molecule is COc1ccc2c(c1)oc(=O)n2CCCO. The van der Waals surface area contributed by atoms with Crippen LogP contribution >= 0.6 is 0 Å². The van der Waals surface area contributed by atoms with Crippen molar-refractivity contribution in [2.75, 3.05) is 13.7 Å². The lowest BCUT2D eigenvalue weighted by molar-refractivity contribution is 0.278. The second-order valence-electron chi connectivity index (χ2n) is 3.43. The van der Waals surface area contributed by atoms with Gasteiger partial charge < -0.3 is 14.3 Å². The molecule has 1 aromatic carbocycles. The molecule has 0 aliphatic heterocycles. The quantitative estimate of drug-likeness (QED) is 0.839. The van der Waals surface area contributed by atoms with Crippen LogP contribution in [0.4, 0.5) is 0 Å². The molecule has 0 atom stereocenters. The van der Waals surface area contributed by atoms with Crippen LogP contribution in [-0.2, 0) is 6.54 Å². The highest BCUT2D eigenvalue weighted by molar-refractivity contribution is 5.74. The van der Waals surface area contributed by atoms with Crippen LogP contribution in [0.5, 0.6) is 5.75 Å². The van der Waals surface area contributed by atoms with Crippen LogP contribution < -0.4 is 10.5 Å². The summed E-state index contributed by atoms with van der Waals surface area (Å²) in [6.07, 6.45) is 0.528. The van der Waals surface area contributed by atoms with Crippen molar-refractivity contribution in [1.82, 2.24) is 4.57 Å². The van der Waals surface area contributed by atoms with Crippen LogP contribution in [0.1, 0.15) is 6.42 Å². The number of aryl methyl sites for hydroxylation is 1. The summed E-state index contributed by atoms with van der Waals surface area (Å²) in [4.78, 5) is 11.5. The fraction of sp³-hybridized carbons (Fsp3) is 0.364. The van der Waals surface area contributed by atoms with Gasteiger partial charge in [-0.2, -0.15) is 0 Å². The maximum atomic E-state index is 11.5. The van der Waals surface area contributed by atoms with E-state index in [-0.39, 0.29) is 6.61 Å². The Bertz CT molecular complexity index is 540. The van der Waals surface area contributed by atoms with E-state index in [4.69, 9.17) is 14.3 Å². The number of methoxy groups -OCH3 is 1. The Morgan fingerprint density at radius 1 is 1.50 bits per heavy atom. The van der Waals surface area contributed by atoms with Gasteiger partial charge in [-0.05, 0) is 18.6 Å². The van der Waals surface area contributed by atoms with E-state index in [1.54, 1.807) is 25.3 Å². The van der Waals surface area contributed by atoms with Gasteiger partial charge in [-0.25, -0.2) is 4.79 Å². The summed E-state index contributed by atoms with van der Waals surface area (Å²) in [6.45, 7) is 0.504. The van der Waals surface area contributed by atoms with Gasteiger partial charge in [0.05, 0.1) is 12.6 Å². The van der Waals surface area contributed by atoms with Gasteiger partial charge >= 0.3 is 5.76 Å². The molecule has 5 nitrogen and oxygen atoms in total. The number of aliphatic hydroxyl groups excluding tert-OH is 1. The zero-order valence-corrected chi connectivity index (χ0v) is 8.97. The normalized spacial score (nSPS) is 10.9. The number of rotatable bonds is 4. The highest BCUT2D eigenvalue weighted by Gasteiger charge is 2.09. The van der Waals surface area contributed by atoms with Crippen molar-refractivity contribution < 1.29 is 14.3 Å². The molecule has 0 aliphatic rings. The molecular formula is C11H13NO4. The van der Waals surface area contributed by atoms with Crippen LogP contribution in [0.2, 0.25) is 0 Å². The van der Waals surface area contributed by atoms with Crippen molar-refractivity contribution in [3.63, 3.8) is 0 Å². The van der Waals surface area contributed by atoms with Crippen molar-refractivity contribution in [3.05, 3.63) is 28.7 Å². The Balaban J connectivity index is 2.49. The van der Waals surface area contributed by atoms with Gasteiger partial charge in [0.15, 0.2) is 5.58 Å². The van der Waals surface area contributed by atoms with Crippen LogP contribution in [0.25, 0.3) is 11.1 Å². The van der Waals surface area contributed by atoms with Crippen molar-refractivity contribution in [2.45, 2.75) is 13.0 Å². The van der Waals surface area contributed by atoms with E-state index in [0.717, 1.165) is 5.52 Å². The lowest BCUT2D eigenvalue weighted by Gasteiger charge is -2.01. The van der Waals surface area contributed by atoms with Crippen LogP contribution in [0.3, 0.4) is 0 Å². The molecule has 1 N–H and O–H groups in total. The zero-order valence-electron chi connectivity index (χ0n) is 8.97. The molecule has 0 spiro atoms. The average Bonchev–Trinajstić information content (AvgIpc) is 2.61. The van der Waals surface area contributed by atoms with E-state index in [2.05, 4.69) is 0 Å². The van der Waals surface area contributed by atoms with Crippen LogP contribution in [-0.4, -0.2) is 23.4 Å². The molecular weight excluding hydrogens is 210 g/mol. The summed E-state index contributed by atoms with van der Waals surface area (Å²) in [6, 6.07) is 5.22. The summed E-state index contributed by atoms with van der Waals surface area (Å²) < 4.78 is 11.6. The first-order chi connectivity index (χ1) is 7.76. The van der Waals surface area contributed by atoms with Gasteiger partial charge in [-0.1, -0.05) is 0 Å². The molecule has 0 radical (unpaired) electrons. The predicted octanol–water partition coefficient (Wildman–Crippen LogP) is 0.985. The maximum Gasteiger partial charge on any atom is 0.419 e. The van der Waals surface area contributed by atoms with Gasteiger partial charge in [0, 0.05) is 19.2 Å². The van der Waals surface area contributed by atoms with Gasteiger partial charge in [-0.3, -0.25) is 4.57 Å². The topological polar surface area (TPSA) is 64.6 Å². The highest BCUT2D eigenvalue weighted by Crippen LogP contribution is 2.19. The molecule has 5 heteroatoms. The number of ether oxygens (including phenoxy) is 1. The van der Waals surface area contributed by atoms with Gasteiger partial charge in [0.2, 0.25) is 0 Å². The summed E-state index contributed by atoms with van der Waals surface area (Å²) >= 11 is 0. The Hall–Kier alpha value is -1.75. The minimum Gasteiger partial charge on any atom is -0.497 e. The molecule has 0 saturated carbocycles. The molecule has 1 aromatic heterocycles. The van der Waals surface area contributed by atoms with E-state index < -0.39 is 5.76 Å². The fourth-order valence-corrected chi connectivity index (χ4v) is 1.61. The molecule has 0 unspecified atom stereocenters. The van der Waals surface area contributed by atoms with E-state index in [1.807, 2.05) is 0 Å². The molecule has 0 aliphatic carbocycles. The molecule has 0 saturated heterocycles. The predicted molar refractivity (Wildman–Crippen MR) is 58.7 cm³/mol. The third-order valence-corrected chi connectivity index (χ3v) is 2.42. The molecule has 0 amide bonds. The number of nitrogens with zero attached hydrogens (tertiary/aromatic N) is 1. The Labute approximate surface area is 91.9 Å². The molecule has 1 heterocycles. The molecule has 2 aromatic rings. The summed E-state index contributed by atoms with van der Waals surface area (Å²) in [5.74, 6) is 0.243. The Morgan fingerprint density at radius 3 is 3.00 bits per heavy atom. The lowest BCUT2D eigenvalue weighted by Crippen LogP contribution is -2.14. The second kappa shape index (κ2) is 4.40. The van der Waals surface area contributed by atoms with Crippen LogP contribution in [0, 0.1) is 0 Å². The molecule has 86 valence electrons. The number of oxazole rings is 1. The smallest absolute Gasteiger partial charge is 0.419 e. The first-order valence-corrected chi connectivity index (χ1v) is 5.04. The largest absolute Gasteiger partial charge is 0.497 e. The molecule has 2 rings (SSSR count). The van der Waals surface area contributed by atoms with Crippen molar-refractivity contribution >= 4 is 11.1 Å². The van der Waals surface area contributed by atoms with E-state index in [0.29, 0.717) is 24.3 Å². The molecule has 0 fully saturated rings. The maximum absolute atomic E-state index is 11.5. The van der Waals surface area contributed by atoms with Crippen molar-refractivity contribution in [2.24, 2.45) is 0 Å². The third kappa shape index (κ3) is 1.81. The fourth-order valence-electron chi connectivity index (χ4n) is 1.61. The zero-order chi connectivity index (χ0) is 11.5. The summed E-state index contributed by atoms with van der Waals surface area (Å²) in [5.41, 5.74) is 1.22. The standard InChI is InChI=1S/C11H13NO4/c1-15-8-3-4-9-10(7-8)16-11(14)12(9)5-2-6-13/h3-4,7,13H,2,5-6H2,1H3. The van der Waals surface area contributed by atoms with Gasteiger partial charge in [0.1, 0.15) is 5.75 Å². The number of aromatic nitrogens is 1. The summed E-state index contributed by atoms with van der Waals surface area (Å²) in [5, 5.41) is 8.74. The lowest BCUT2D eigenvalue weighted by atomic mass is 10.3. The molecule has 16 heavy (non-hydrogen) atoms. The van der Waals surface area contributed by atoms with E-state index in [1.165, 1.54) is 4.57 Å². The summed E-state index contributed by atoms with van der Waals surface area (Å²) in [7, 11) is 1.56. The minimum absolute atomic E-state index is 0.0509. The number of hydrogen-bond acceptors (Lipinski definition) is 4. The van der Waals surface area contributed by atoms with E-state index >= 15 is 0 Å². The first kappa shape index (κ1) is 10.8. The van der Waals surface area contributed by atoms with Gasteiger partial charge in [0.25, 0.3) is 0 Å². The Morgan fingerprint density at radius 2 is 2.31 bits per heavy atom. The van der Waals surface area contributed by atoms with Crippen molar-refractivity contribution in [3.8, 4) is 5.75 Å². The van der Waals surface area contributed by atoms with Crippen LogP contribution in [0.15, 0.2) is 27.4 Å². The van der Waals surface area contributed by atoms with E-state index in [9.17, 15) is 4.79 Å². The number of benzene rings is 1. The first-order valence-electron chi connectivity index (χ1n) is 5.04. The number of fused-ring (bicyclic) bond motifs is 1. The second-order valence-corrected chi connectivity index (χ2v) is 3.43. The highest BCUT2D eigenvalue weighted by atomic mass is 16.5. The third-order valence-electron chi connectivity index (χ3n) is 2.42. The number of hydrogen-bond donors (Lipinski definition) is 1. The monoisotopic (exact) mass is 223 g/mol. The Kier molecular flexibility index (Phi) is 2.96. The number of aliphatic hydroxyl groups is 1. The minimum atomic E-state index is -0.406. The molecule has 0 bridgehead atoms. The van der Waals surface area contributed by atoms with Gasteiger partial charge in [-0.15, -0.1) is 0 Å².